The molecule has 3 rings (SSSR count). The van der Waals surface area contributed by atoms with E-state index in [4.69, 9.17) is 0 Å². The lowest BCUT2D eigenvalue weighted by atomic mass is 9.72. The number of hydrogen-bond acceptors (Lipinski definition) is 5. The van der Waals surface area contributed by atoms with Crippen LogP contribution in [0.3, 0.4) is 0 Å². The van der Waals surface area contributed by atoms with Gasteiger partial charge in [-0.3, -0.25) is 9.59 Å². The van der Waals surface area contributed by atoms with Crippen LogP contribution in [0.5, 0.6) is 11.5 Å². The molecule has 3 aromatic carbocycles. The number of nitrogens with one attached hydrogen (secondary N) is 2. The molecule has 12 heteroatoms. The molecular weight excluding hydrogens is 566 g/mol. The van der Waals surface area contributed by atoms with E-state index in [1.54, 1.807) is 20.8 Å². The van der Waals surface area contributed by atoms with Gasteiger partial charge < -0.3 is 20.8 Å². The normalized spacial score (nSPS) is 12.6. The zero-order chi connectivity index (χ0) is 31.7. The Morgan fingerprint density at radius 3 is 1.69 bits per heavy atom. The Kier molecular flexibility index (Phi) is 8.90. The van der Waals surface area contributed by atoms with Crippen LogP contribution in [0.15, 0.2) is 60.7 Å². The highest BCUT2D eigenvalue weighted by atomic mass is 19.4. The van der Waals surface area contributed by atoms with Crippen molar-refractivity contribution in [2.45, 2.75) is 63.8 Å². The third kappa shape index (κ3) is 6.02. The van der Waals surface area contributed by atoms with Crippen LogP contribution in [0.2, 0.25) is 0 Å². The van der Waals surface area contributed by atoms with Crippen LogP contribution in [0.25, 0.3) is 0 Å². The van der Waals surface area contributed by atoms with Crippen LogP contribution in [0.4, 0.5) is 37.7 Å². The Balaban J connectivity index is 2.23. The van der Waals surface area contributed by atoms with Crippen LogP contribution < -0.4 is 10.6 Å². The van der Waals surface area contributed by atoms with Crippen molar-refractivity contribution in [2.24, 2.45) is 0 Å². The summed E-state index contributed by atoms with van der Waals surface area (Å²) in [7, 11) is 0. The molecule has 0 aliphatic heterocycles. The van der Waals surface area contributed by atoms with E-state index < -0.39 is 57.5 Å². The van der Waals surface area contributed by atoms with Crippen molar-refractivity contribution in [3.8, 4) is 11.5 Å². The average Bonchev–Trinajstić information content (AvgIpc) is 2.90. The minimum atomic E-state index is -5.97. The van der Waals surface area contributed by atoms with Crippen molar-refractivity contribution in [3.05, 3.63) is 82.9 Å². The Morgan fingerprint density at radius 2 is 1.21 bits per heavy atom. The van der Waals surface area contributed by atoms with E-state index in [0.29, 0.717) is 43.2 Å². The van der Waals surface area contributed by atoms with Gasteiger partial charge in [0.15, 0.2) is 5.78 Å². The lowest BCUT2D eigenvalue weighted by molar-refractivity contribution is -0.288. The van der Waals surface area contributed by atoms with Gasteiger partial charge in [0, 0.05) is 16.7 Å². The van der Waals surface area contributed by atoms with Gasteiger partial charge in [-0.1, -0.05) is 38.1 Å². The van der Waals surface area contributed by atoms with E-state index in [-0.39, 0.29) is 22.6 Å². The second-order valence-electron chi connectivity index (χ2n) is 10.2. The molecule has 0 atom stereocenters. The summed E-state index contributed by atoms with van der Waals surface area (Å²) in [6, 6.07) is 8.67. The first-order chi connectivity index (χ1) is 19.4. The maximum absolute atomic E-state index is 14.8. The largest absolute Gasteiger partial charge is 0.506 e. The topological polar surface area (TPSA) is 98.7 Å². The first-order valence-corrected chi connectivity index (χ1v) is 12.9. The number of halogens is 6. The summed E-state index contributed by atoms with van der Waals surface area (Å²) in [4.78, 5) is 24.5. The fourth-order valence-corrected chi connectivity index (χ4v) is 4.55. The summed E-state index contributed by atoms with van der Waals surface area (Å²) in [6.45, 7) is 6.50. The molecular formula is C30H30F6N2O4. The summed E-state index contributed by atoms with van der Waals surface area (Å²) >= 11 is 0. The molecule has 226 valence electrons. The highest BCUT2D eigenvalue weighted by Gasteiger charge is 2.72. The van der Waals surface area contributed by atoms with Crippen molar-refractivity contribution in [2.75, 3.05) is 10.6 Å². The zero-order valence-electron chi connectivity index (χ0n) is 23.2. The number of carbonyl (C=O) groups is 2. The van der Waals surface area contributed by atoms with Gasteiger partial charge in [0.25, 0.3) is 5.91 Å². The lowest BCUT2D eigenvalue weighted by Crippen LogP contribution is -2.54. The minimum absolute atomic E-state index is 0.116. The highest BCUT2D eigenvalue weighted by molar-refractivity contribution is 6.06. The van der Waals surface area contributed by atoms with E-state index in [0.717, 1.165) is 6.07 Å². The average molecular weight is 597 g/mol. The third-order valence-corrected chi connectivity index (χ3v) is 7.49. The number of phenols is 2. The number of aromatic hydroxyl groups is 2. The monoisotopic (exact) mass is 596 g/mol. The van der Waals surface area contributed by atoms with Gasteiger partial charge in [0.2, 0.25) is 5.41 Å². The maximum atomic E-state index is 14.8. The molecule has 0 aromatic heterocycles. The standard InChI is InChI=1S/C30H30F6N2O4/c1-5-27(4,6-2)38-23-16-21(11-13-25(23)41)28(29(31,32)33,30(34,35)36)20-10-12-24(40)22(15-20)37-26(42)19-9-7-8-18(14-19)17(3)39/h7-16,38,40-41H,5-6H2,1-4H3,(H,37,42). The fraction of sp³-hybridized carbons (Fsp3) is 0.333. The van der Waals surface area contributed by atoms with Gasteiger partial charge in [-0.25, -0.2) is 0 Å². The van der Waals surface area contributed by atoms with Gasteiger partial charge in [0.1, 0.15) is 11.5 Å². The van der Waals surface area contributed by atoms with Crippen molar-refractivity contribution in [1.82, 2.24) is 0 Å². The van der Waals surface area contributed by atoms with E-state index >= 15 is 0 Å². The Morgan fingerprint density at radius 1 is 0.738 bits per heavy atom. The smallest absolute Gasteiger partial charge is 0.411 e. The molecule has 0 aliphatic rings. The molecule has 0 heterocycles. The molecule has 6 nitrogen and oxygen atoms in total. The molecule has 1 amide bonds. The van der Waals surface area contributed by atoms with E-state index in [2.05, 4.69) is 10.6 Å². The Labute approximate surface area is 238 Å². The zero-order valence-corrected chi connectivity index (χ0v) is 23.2. The maximum Gasteiger partial charge on any atom is 0.411 e. The SMILES string of the molecule is CCC(C)(CC)Nc1cc(C(c2ccc(O)c(NC(=O)c3cccc(C(C)=O)c3)c2)(C(F)(F)F)C(F)(F)F)ccc1O. The predicted molar refractivity (Wildman–Crippen MR) is 146 cm³/mol. The molecule has 0 radical (unpaired) electrons. The van der Waals surface area contributed by atoms with Crippen molar-refractivity contribution >= 4 is 23.1 Å². The van der Waals surface area contributed by atoms with Crippen LogP contribution in [0, 0.1) is 0 Å². The third-order valence-electron chi connectivity index (χ3n) is 7.49. The predicted octanol–water partition coefficient (Wildman–Crippen LogP) is 7.95. The quantitative estimate of drug-likeness (QED) is 0.114. The molecule has 0 unspecified atom stereocenters. The number of amides is 1. The van der Waals surface area contributed by atoms with Crippen LogP contribution in [0.1, 0.15) is 72.4 Å². The number of alkyl halides is 6. The van der Waals surface area contributed by atoms with Crippen molar-refractivity contribution in [1.29, 1.82) is 0 Å². The Bertz CT molecular complexity index is 1470. The first-order valence-electron chi connectivity index (χ1n) is 12.9. The van der Waals surface area contributed by atoms with E-state index in [1.165, 1.54) is 31.2 Å². The molecule has 0 aliphatic carbocycles. The van der Waals surface area contributed by atoms with Crippen molar-refractivity contribution in [3.63, 3.8) is 0 Å². The Hall–Kier alpha value is -4.22. The molecule has 3 aromatic rings. The summed E-state index contributed by atoms with van der Waals surface area (Å²) in [5.74, 6) is -2.69. The van der Waals surface area contributed by atoms with Gasteiger partial charge in [-0.2, -0.15) is 26.3 Å². The number of Topliss-reactive ketones (excluding diaryl/α,β-unsaturated/α-hetero) is 1. The molecule has 4 N–H and O–H groups in total. The minimum Gasteiger partial charge on any atom is -0.506 e. The number of phenolic OH excluding ortho intramolecular Hbond substituents is 2. The number of anilines is 2. The van der Waals surface area contributed by atoms with Crippen molar-refractivity contribution < 1.29 is 46.1 Å². The van der Waals surface area contributed by atoms with Crippen LogP contribution in [-0.4, -0.2) is 39.8 Å². The summed E-state index contributed by atoms with van der Waals surface area (Å²) in [6.07, 6.45) is -11.0. The number of carbonyl (C=O) groups excluding carboxylic acids is 2. The van der Waals surface area contributed by atoms with E-state index in [1.807, 2.05) is 0 Å². The highest BCUT2D eigenvalue weighted by Crippen LogP contribution is 2.57. The van der Waals surface area contributed by atoms with Gasteiger partial charge in [-0.05, 0) is 74.2 Å². The van der Waals surface area contributed by atoms with E-state index in [9.17, 15) is 46.1 Å². The molecule has 0 spiro atoms. The fourth-order valence-electron chi connectivity index (χ4n) is 4.55. The van der Waals surface area contributed by atoms with Gasteiger partial charge in [0.05, 0.1) is 11.4 Å². The molecule has 0 bridgehead atoms. The first kappa shape index (κ1) is 32.3. The number of hydrogen-bond donors (Lipinski definition) is 4. The molecule has 0 saturated heterocycles. The molecule has 0 fully saturated rings. The van der Waals surface area contributed by atoms with Gasteiger partial charge in [-0.15, -0.1) is 0 Å². The number of rotatable bonds is 9. The summed E-state index contributed by atoms with van der Waals surface area (Å²) < 4.78 is 89.0. The van der Waals surface area contributed by atoms with Gasteiger partial charge >= 0.3 is 12.4 Å². The second kappa shape index (κ2) is 11.6. The summed E-state index contributed by atoms with van der Waals surface area (Å²) in [5.41, 5.74) is -8.96. The lowest BCUT2D eigenvalue weighted by Gasteiger charge is -2.39. The molecule has 0 saturated carbocycles. The summed E-state index contributed by atoms with van der Waals surface area (Å²) in [5, 5.41) is 25.7. The second-order valence-corrected chi connectivity index (χ2v) is 10.2. The molecule has 42 heavy (non-hydrogen) atoms. The number of benzene rings is 3. The van der Waals surface area contributed by atoms with Crippen LogP contribution >= 0.6 is 0 Å². The van der Waals surface area contributed by atoms with Crippen LogP contribution in [-0.2, 0) is 5.41 Å². The number of ketones is 1.